The highest BCUT2D eigenvalue weighted by Crippen LogP contribution is 2.41. The first-order chi connectivity index (χ1) is 10.3. The Kier molecular flexibility index (Phi) is 4.70. The monoisotopic (exact) mass is 321 g/mol. The lowest BCUT2D eigenvalue weighted by molar-refractivity contribution is 0.0518. The molecule has 0 spiro atoms. The summed E-state index contributed by atoms with van der Waals surface area (Å²) >= 11 is 3.34. The van der Waals surface area contributed by atoms with Crippen molar-refractivity contribution < 1.29 is 9.53 Å². The molecule has 0 saturated heterocycles. The summed E-state index contributed by atoms with van der Waals surface area (Å²) in [4.78, 5) is 19.1. The van der Waals surface area contributed by atoms with Crippen molar-refractivity contribution in [3.8, 4) is 9.88 Å². The Labute approximate surface area is 133 Å². The summed E-state index contributed by atoms with van der Waals surface area (Å²) in [6, 6.07) is 4.08. The molecule has 1 aliphatic carbocycles. The molecule has 0 amide bonds. The first-order valence-electron chi connectivity index (χ1n) is 7.51. The van der Waals surface area contributed by atoms with Crippen molar-refractivity contribution >= 4 is 28.6 Å². The van der Waals surface area contributed by atoms with Crippen molar-refractivity contribution in [2.45, 2.75) is 44.9 Å². The van der Waals surface area contributed by atoms with Crippen LogP contribution in [0.25, 0.3) is 9.88 Å². The Morgan fingerprint density at radius 3 is 2.86 bits per heavy atom. The third-order valence-corrected chi connectivity index (χ3v) is 6.09. The molecule has 1 aliphatic rings. The summed E-state index contributed by atoms with van der Waals surface area (Å²) in [6.07, 6.45) is 6.14. The van der Waals surface area contributed by atoms with E-state index in [9.17, 15) is 4.79 Å². The van der Waals surface area contributed by atoms with Crippen molar-refractivity contribution in [3.63, 3.8) is 0 Å². The molecule has 0 bridgehead atoms. The van der Waals surface area contributed by atoms with E-state index in [0.29, 0.717) is 18.2 Å². The molecule has 1 saturated carbocycles. The van der Waals surface area contributed by atoms with Crippen LogP contribution in [0.4, 0.5) is 0 Å². The van der Waals surface area contributed by atoms with Gasteiger partial charge in [0.2, 0.25) is 0 Å². The van der Waals surface area contributed by atoms with Gasteiger partial charge in [0.25, 0.3) is 0 Å². The number of hydrogen-bond acceptors (Lipinski definition) is 5. The maximum atomic E-state index is 12.2. The van der Waals surface area contributed by atoms with Crippen LogP contribution in [-0.4, -0.2) is 17.6 Å². The second kappa shape index (κ2) is 6.71. The molecular formula is C16H19NO2S2. The number of carbonyl (C=O) groups is 1. The molecule has 0 aliphatic heterocycles. The fraction of sp³-hybridized carbons (Fsp3) is 0.500. The van der Waals surface area contributed by atoms with Crippen molar-refractivity contribution in [3.05, 3.63) is 28.1 Å². The van der Waals surface area contributed by atoms with Gasteiger partial charge in [-0.1, -0.05) is 25.3 Å². The largest absolute Gasteiger partial charge is 0.461 e. The van der Waals surface area contributed by atoms with Crippen LogP contribution in [0.15, 0.2) is 17.5 Å². The smallest absolute Gasteiger partial charge is 0.358 e. The van der Waals surface area contributed by atoms with Crippen LogP contribution >= 0.6 is 22.7 Å². The Morgan fingerprint density at radius 2 is 2.19 bits per heavy atom. The second-order valence-corrected chi connectivity index (χ2v) is 7.24. The maximum absolute atomic E-state index is 12.2. The summed E-state index contributed by atoms with van der Waals surface area (Å²) in [7, 11) is 0. The number of carbonyl (C=O) groups excluding carboxylic acids is 1. The summed E-state index contributed by atoms with van der Waals surface area (Å²) in [6.45, 7) is 2.24. The van der Waals surface area contributed by atoms with E-state index >= 15 is 0 Å². The number of aromatic nitrogens is 1. The highest BCUT2D eigenvalue weighted by Gasteiger charge is 2.27. The zero-order valence-corrected chi connectivity index (χ0v) is 13.8. The number of ether oxygens (including phenoxy) is 1. The summed E-state index contributed by atoms with van der Waals surface area (Å²) in [5.74, 6) is 0.210. The van der Waals surface area contributed by atoms with Crippen LogP contribution in [0.2, 0.25) is 0 Å². The molecule has 1 fully saturated rings. The van der Waals surface area contributed by atoms with Gasteiger partial charge in [0.15, 0.2) is 5.69 Å². The molecule has 3 nitrogen and oxygen atoms in total. The lowest BCUT2D eigenvalue weighted by atomic mass is 9.87. The van der Waals surface area contributed by atoms with E-state index < -0.39 is 0 Å². The van der Waals surface area contributed by atoms with Crippen LogP contribution in [0.5, 0.6) is 0 Å². The number of thiophene rings is 1. The first kappa shape index (κ1) is 14.7. The topological polar surface area (TPSA) is 39.2 Å². The van der Waals surface area contributed by atoms with Gasteiger partial charge in [0.05, 0.1) is 11.5 Å². The standard InChI is InChI=1S/C16H19NO2S2/c1-2-19-16(18)13-14(11-7-4-3-5-8-11)21-15(17-13)12-9-6-10-20-12/h6,9-11H,2-5,7-8H2,1H3. The molecule has 0 unspecified atom stereocenters. The van der Waals surface area contributed by atoms with Gasteiger partial charge >= 0.3 is 5.97 Å². The number of thiazole rings is 1. The van der Waals surface area contributed by atoms with E-state index in [1.165, 1.54) is 32.1 Å². The van der Waals surface area contributed by atoms with Gasteiger partial charge in [-0.15, -0.1) is 22.7 Å². The Balaban J connectivity index is 1.96. The average Bonchev–Trinajstić information content (AvgIpc) is 3.17. The van der Waals surface area contributed by atoms with Gasteiger partial charge in [-0.3, -0.25) is 0 Å². The van der Waals surface area contributed by atoms with Crippen LogP contribution in [0.1, 0.15) is 60.3 Å². The van der Waals surface area contributed by atoms with E-state index in [1.807, 2.05) is 18.4 Å². The fourth-order valence-electron chi connectivity index (χ4n) is 2.82. The molecule has 2 aromatic rings. The molecule has 5 heteroatoms. The van der Waals surface area contributed by atoms with E-state index in [-0.39, 0.29) is 5.97 Å². The van der Waals surface area contributed by atoms with Crippen LogP contribution in [0, 0.1) is 0 Å². The normalized spacial score (nSPS) is 16.0. The number of hydrogen-bond donors (Lipinski definition) is 0. The zero-order chi connectivity index (χ0) is 14.7. The van der Waals surface area contributed by atoms with E-state index in [2.05, 4.69) is 11.1 Å². The molecule has 0 atom stereocenters. The minimum Gasteiger partial charge on any atom is -0.461 e. The van der Waals surface area contributed by atoms with Crippen LogP contribution in [0.3, 0.4) is 0 Å². The third-order valence-electron chi connectivity index (χ3n) is 3.83. The Bertz CT molecular complexity index is 598. The second-order valence-electron chi connectivity index (χ2n) is 5.26. The molecule has 3 rings (SSSR count). The number of nitrogens with zero attached hydrogens (tertiary/aromatic N) is 1. The molecule has 112 valence electrons. The predicted molar refractivity (Wildman–Crippen MR) is 87.2 cm³/mol. The van der Waals surface area contributed by atoms with Gasteiger partial charge in [0, 0.05) is 4.88 Å². The molecule has 0 N–H and O–H groups in total. The van der Waals surface area contributed by atoms with E-state index in [1.54, 1.807) is 22.7 Å². The number of rotatable bonds is 4. The summed E-state index contributed by atoms with van der Waals surface area (Å²) in [5, 5.41) is 3.00. The molecule has 2 aromatic heterocycles. The van der Waals surface area contributed by atoms with Crippen molar-refractivity contribution in [1.82, 2.24) is 4.98 Å². The molecular weight excluding hydrogens is 302 g/mol. The van der Waals surface area contributed by atoms with Crippen LogP contribution in [-0.2, 0) is 4.74 Å². The highest BCUT2D eigenvalue weighted by molar-refractivity contribution is 7.21. The minimum atomic E-state index is -0.267. The van der Waals surface area contributed by atoms with E-state index in [4.69, 9.17) is 4.74 Å². The van der Waals surface area contributed by atoms with Crippen molar-refractivity contribution in [1.29, 1.82) is 0 Å². The zero-order valence-electron chi connectivity index (χ0n) is 12.1. The first-order valence-corrected chi connectivity index (χ1v) is 9.21. The predicted octanol–water partition coefficient (Wildman–Crippen LogP) is 5.10. The Morgan fingerprint density at radius 1 is 1.38 bits per heavy atom. The van der Waals surface area contributed by atoms with Crippen molar-refractivity contribution in [2.75, 3.05) is 6.61 Å². The highest BCUT2D eigenvalue weighted by atomic mass is 32.1. The Hall–Kier alpha value is -1.20. The van der Waals surface area contributed by atoms with Gasteiger partial charge in [-0.05, 0) is 37.1 Å². The van der Waals surface area contributed by atoms with Crippen LogP contribution < -0.4 is 0 Å². The molecule has 2 heterocycles. The SMILES string of the molecule is CCOC(=O)c1nc(-c2cccs2)sc1C1CCCCC1. The van der Waals surface area contributed by atoms with Gasteiger partial charge in [0.1, 0.15) is 5.01 Å². The van der Waals surface area contributed by atoms with Gasteiger partial charge in [-0.25, -0.2) is 9.78 Å². The van der Waals surface area contributed by atoms with E-state index in [0.717, 1.165) is 14.8 Å². The quantitative estimate of drug-likeness (QED) is 0.736. The minimum absolute atomic E-state index is 0.267. The molecule has 21 heavy (non-hydrogen) atoms. The van der Waals surface area contributed by atoms with Gasteiger partial charge < -0.3 is 4.74 Å². The average molecular weight is 321 g/mol. The molecule has 0 radical (unpaired) electrons. The maximum Gasteiger partial charge on any atom is 0.358 e. The van der Waals surface area contributed by atoms with Gasteiger partial charge in [-0.2, -0.15) is 0 Å². The lowest BCUT2D eigenvalue weighted by Gasteiger charge is -2.20. The van der Waals surface area contributed by atoms with Crippen molar-refractivity contribution in [2.24, 2.45) is 0 Å². The fourth-order valence-corrected chi connectivity index (χ4v) is 4.84. The number of esters is 1. The third kappa shape index (κ3) is 3.19. The summed E-state index contributed by atoms with van der Waals surface area (Å²) in [5.41, 5.74) is 0.553. The lowest BCUT2D eigenvalue weighted by Crippen LogP contribution is -2.11. The summed E-state index contributed by atoms with van der Waals surface area (Å²) < 4.78 is 5.20. The molecule has 0 aromatic carbocycles.